The zero-order chi connectivity index (χ0) is 15.7. The molecule has 0 spiro atoms. The van der Waals surface area contributed by atoms with E-state index in [9.17, 15) is 4.79 Å². The Morgan fingerprint density at radius 3 is 2.77 bits per heavy atom. The maximum atomic E-state index is 12.6. The second-order valence-electron chi connectivity index (χ2n) is 5.37. The zero-order valence-corrected chi connectivity index (χ0v) is 13.9. The molecule has 116 valence electrons. The summed E-state index contributed by atoms with van der Waals surface area (Å²) in [4.78, 5) is 17.9. The van der Waals surface area contributed by atoms with E-state index in [1.807, 2.05) is 12.3 Å². The number of thioether (sulfide) groups is 1. The number of nitrogens with one attached hydrogen (secondary N) is 1. The van der Waals surface area contributed by atoms with Gasteiger partial charge in [-0.1, -0.05) is 16.8 Å². The van der Waals surface area contributed by atoms with Crippen LogP contribution in [-0.2, 0) is 5.54 Å². The SMILES string of the molecule is CSc1ccc(Cl)c(C(=O)NC2(c3noc(C)n3)CCC2)c1. The quantitative estimate of drug-likeness (QED) is 0.864. The molecule has 0 unspecified atom stereocenters. The molecular formula is C15H16ClN3O2S. The fourth-order valence-electron chi connectivity index (χ4n) is 2.52. The highest BCUT2D eigenvalue weighted by Gasteiger charge is 2.44. The van der Waals surface area contributed by atoms with Crippen LogP contribution in [0.2, 0.25) is 5.02 Å². The summed E-state index contributed by atoms with van der Waals surface area (Å²) in [6, 6.07) is 5.44. The molecule has 2 aromatic rings. The van der Waals surface area contributed by atoms with Crippen LogP contribution in [0.25, 0.3) is 0 Å². The molecule has 1 amide bonds. The molecule has 7 heteroatoms. The maximum Gasteiger partial charge on any atom is 0.253 e. The van der Waals surface area contributed by atoms with Crippen molar-refractivity contribution in [1.82, 2.24) is 15.5 Å². The summed E-state index contributed by atoms with van der Waals surface area (Å²) in [6.07, 6.45) is 4.59. The first-order valence-corrected chi connectivity index (χ1v) is 8.61. The van der Waals surface area contributed by atoms with Gasteiger partial charge in [0.2, 0.25) is 5.89 Å². The van der Waals surface area contributed by atoms with Crippen molar-refractivity contribution in [1.29, 1.82) is 0 Å². The first-order valence-electron chi connectivity index (χ1n) is 7.01. The monoisotopic (exact) mass is 337 g/mol. The Kier molecular flexibility index (Phi) is 4.14. The molecule has 1 aliphatic carbocycles. The standard InChI is InChI=1S/C15H16ClN3O2S/c1-9-17-14(19-21-9)15(6-3-7-15)18-13(20)11-8-10(22-2)4-5-12(11)16/h4-5,8H,3,6-7H2,1-2H3,(H,18,20). The average molecular weight is 338 g/mol. The first-order chi connectivity index (χ1) is 10.5. The number of amides is 1. The van der Waals surface area contributed by atoms with E-state index in [0.717, 1.165) is 24.2 Å². The Hall–Kier alpha value is -1.53. The summed E-state index contributed by atoms with van der Waals surface area (Å²) in [5.74, 6) is 0.836. The molecule has 3 rings (SSSR count). The van der Waals surface area contributed by atoms with E-state index in [0.29, 0.717) is 22.3 Å². The van der Waals surface area contributed by atoms with Crippen LogP contribution >= 0.6 is 23.4 Å². The van der Waals surface area contributed by atoms with Gasteiger partial charge in [0.15, 0.2) is 5.82 Å². The normalized spacial score (nSPS) is 16.1. The second-order valence-corrected chi connectivity index (χ2v) is 6.66. The van der Waals surface area contributed by atoms with Crippen LogP contribution in [0.3, 0.4) is 0 Å². The van der Waals surface area contributed by atoms with Crippen molar-refractivity contribution < 1.29 is 9.32 Å². The molecule has 1 N–H and O–H groups in total. The smallest absolute Gasteiger partial charge is 0.253 e. The highest BCUT2D eigenvalue weighted by atomic mass is 35.5. The molecule has 22 heavy (non-hydrogen) atoms. The van der Waals surface area contributed by atoms with Crippen molar-refractivity contribution in [3.05, 3.63) is 40.5 Å². The molecule has 0 bridgehead atoms. The Morgan fingerprint density at radius 2 is 2.23 bits per heavy atom. The lowest BCUT2D eigenvalue weighted by atomic mass is 9.76. The van der Waals surface area contributed by atoms with Crippen LogP contribution in [0.4, 0.5) is 0 Å². The number of hydrogen-bond acceptors (Lipinski definition) is 5. The third-order valence-electron chi connectivity index (χ3n) is 3.93. The van der Waals surface area contributed by atoms with Gasteiger partial charge in [-0.3, -0.25) is 4.79 Å². The van der Waals surface area contributed by atoms with Crippen LogP contribution in [0.5, 0.6) is 0 Å². The highest BCUT2D eigenvalue weighted by Crippen LogP contribution is 2.40. The topological polar surface area (TPSA) is 68.0 Å². The van der Waals surface area contributed by atoms with Gasteiger partial charge >= 0.3 is 0 Å². The Balaban J connectivity index is 1.87. The minimum atomic E-state index is -0.534. The number of carbonyl (C=O) groups is 1. The highest BCUT2D eigenvalue weighted by molar-refractivity contribution is 7.98. The van der Waals surface area contributed by atoms with E-state index in [1.54, 1.807) is 30.8 Å². The number of aryl methyl sites for hydroxylation is 1. The van der Waals surface area contributed by atoms with Crippen molar-refractivity contribution in [3.8, 4) is 0 Å². The summed E-state index contributed by atoms with van der Waals surface area (Å²) < 4.78 is 5.05. The van der Waals surface area contributed by atoms with E-state index in [1.165, 1.54) is 0 Å². The maximum absolute atomic E-state index is 12.6. The average Bonchev–Trinajstić information content (AvgIpc) is 2.90. The minimum absolute atomic E-state index is 0.206. The summed E-state index contributed by atoms with van der Waals surface area (Å²) >= 11 is 7.74. The van der Waals surface area contributed by atoms with Gasteiger partial charge in [-0.25, -0.2) is 0 Å². The van der Waals surface area contributed by atoms with Gasteiger partial charge in [-0.15, -0.1) is 11.8 Å². The molecular weight excluding hydrogens is 322 g/mol. The summed E-state index contributed by atoms with van der Waals surface area (Å²) in [5.41, 5.74) is -0.0620. The van der Waals surface area contributed by atoms with Crippen LogP contribution in [0, 0.1) is 6.92 Å². The predicted octanol–water partition coefficient (Wildman–Crippen LogP) is 3.56. The summed E-state index contributed by atoms with van der Waals surface area (Å²) in [6.45, 7) is 1.74. The zero-order valence-electron chi connectivity index (χ0n) is 12.4. The molecule has 1 aliphatic rings. The fraction of sp³-hybridized carbons (Fsp3) is 0.400. The summed E-state index contributed by atoms with van der Waals surface area (Å²) in [5, 5.41) is 7.46. The summed E-state index contributed by atoms with van der Waals surface area (Å²) in [7, 11) is 0. The van der Waals surface area contributed by atoms with Gasteiger partial charge < -0.3 is 9.84 Å². The first kappa shape index (κ1) is 15.4. The van der Waals surface area contributed by atoms with Gasteiger partial charge in [0.25, 0.3) is 5.91 Å². The Bertz CT molecular complexity index is 713. The lowest BCUT2D eigenvalue weighted by Gasteiger charge is -2.39. The second kappa shape index (κ2) is 5.93. The molecule has 5 nitrogen and oxygen atoms in total. The molecule has 1 fully saturated rings. The van der Waals surface area contributed by atoms with E-state index >= 15 is 0 Å². The number of halogens is 1. The molecule has 1 aromatic carbocycles. The number of aromatic nitrogens is 2. The molecule has 0 radical (unpaired) electrons. The largest absolute Gasteiger partial charge is 0.340 e. The van der Waals surface area contributed by atoms with Gasteiger partial charge in [0, 0.05) is 11.8 Å². The van der Waals surface area contributed by atoms with Gasteiger partial charge in [-0.2, -0.15) is 4.98 Å². The fourth-order valence-corrected chi connectivity index (χ4v) is 3.16. The van der Waals surface area contributed by atoms with E-state index in [2.05, 4.69) is 15.5 Å². The molecule has 0 saturated heterocycles. The van der Waals surface area contributed by atoms with Crippen molar-refractivity contribution >= 4 is 29.3 Å². The van der Waals surface area contributed by atoms with Gasteiger partial charge in [-0.05, 0) is 43.7 Å². The lowest BCUT2D eigenvalue weighted by molar-refractivity contribution is 0.0805. The van der Waals surface area contributed by atoms with Crippen molar-refractivity contribution in [2.24, 2.45) is 0 Å². The minimum Gasteiger partial charge on any atom is -0.340 e. The predicted molar refractivity (Wildman–Crippen MR) is 85.3 cm³/mol. The molecule has 1 saturated carbocycles. The lowest BCUT2D eigenvalue weighted by Crippen LogP contribution is -2.51. The van der Waals surface area contributed by atoms with Crippen LogP contribution < -0.4 is 5.32 Å². The molecule has 0 atom stereocenters. The van der Waals surface area contributed by atoms with E-state index in [-0.39, 0.29) is 5.91 Å². The van der Waals surface area contributed by atoms with Crippen molar-refractivity contribution in [3.63, 3.8) is 0 Å². The van der Waals surface area contributed by atoms with Gasteiger partial charge in [0.05, 0.1) is 10.6 Å². The molecule has 1 heterocycles. The Labute approximate surface area is 137 Å². The van der Waals surface area contributed by atoms with E-state index < -0.39 is 5.54 Å². The number of rotatable bonds is 4. The van der Waals surface area contributed by atoms with Crippen LogP contribution in [0.1, 0.15) is 41.3 Å². The van der Waals surface area contributed by atoms with Gasteiger partial charge in [0.1, 0.15) is 5.54 Å². The number of benzene rings is 1. The van der Waals surface area contributed by atoms with Crippen LogP contribution in [0.15, 0.2) is 27.6 Å². The van der Waals surface area contributed by atoms with Crippen molar-refractivity contribution in [2.45, 2.75) is 36.6 Å². The Morgan fingerprint density at radius 1 is 1.45 bits per heavy atom. The number of nitrogens with zero attached hydrogens (tertiary/aromatic N) is 2. The van der Waals surface area contributed by atoms with Crippen molar-refractivity contribution in [2.75, 3.05) is 6.26 Å². The molecule has 0 aliphatic heterocycles. The molecule has 1 aromatic heterocycles. The third kappa shape index (κ3) is 2.73. The number of carbonyl (C=O) groups excluding carboxylic acids is 1. The number of hydrogen-bond donors (Lipinski definition) is 1. The third-order valence-corrected chi connectivity index (χ3v) is 4.99. The van der Waals surface area contributed by atoms with E-state index in [4.69, 9.17) is 16.1 Å². The van der Waals surface area contributed by atoms with Crippen LogP contribution in [-0.4, -0.2) is 22.3 Å².